The number of aliphatic carboxylic acids is 1. The van der Waals surface area contributed by atoms with Crippen LogP contribution < -0.4 is 5.32 Å². The normalized spacial score (nSPS) is 11.6. The van der Waals surface area contributed by atoms with E-state index in [-0.39, 0.29) is 6.61 Å². The van der Waals surface area contributed by atoms with Crippen molar-refractivity contribution >= 4 is 23.7 Å². The van der Waals surface area contributed by atoms with Gasteiger partial charge in [-0.3, -0.25) is 0 Å². The molecule has 5 nitrogen and oxygen atoms in total. The first-order valence-corrected chi connectivity index (χ1v) is 5.66. The highest BCUT2D eigenvalue weighted by Crippen LogP contribution is 2.26. The van der Waals surface area contributed by atoms with Gasteiger partial charge in [-0.25, -0.2) is 18.4 Å². The standard InChI is InChI=1S/C12H10ClF2NO4/c1-2-5-20-12(19)16-10(11(17)18)6-3-4-7(14)8(13)9(6)15/h2-4,10H,1,5H2,(H,16,19)(H,17,18). The lowest BCUT2D eigenvalue weighted by atomic mass is 10.1. The van der Waals surface area contributed by atoms with Crippen LogP contribution in [0.3, 0.4) is 0 Å². The molecule has 1 rings (SSSR count). The predicted octanol–water partition coefficient (Wildman–Crippen LogP) is 2.66. The Hall–Kier alpha value is -2.15. The summed E-state index contributed by atoms with van der Waals surface area (Å²) in [7, 11) is 0. The molecule has 0 saturated carbocycles. The topological polar surface area (TPSA) is 75.6 Å². The number of carbonyl (C=O) groups excluding carboxylic acids is 1. The summed E-state index contributed by atoms with van der Waals surface area (Å²) in [5.74, 6) is -3.85. The Kier molecular flexibility index (Phi) is 5.45. The third kappa shape index (κ3) is 3.67. The number of rotatable bonds is 5. The number of alkyl carbamates (subject to hydrolysis) is 1. The average Bonchev–Trinajstić information content (AvgIpc) is 2.40. The molecular formula is C12H10ClF2NO4. The highest BCUT2D eigenvalue weighted by Gasteiger charge is 2.27. The summed E-state index contributed by atoms with van der Waals surface area (Å²) in [6.07, 6.45) is 0.183. The molecule has 1 unspecified atom stereocenters. The average molecular weight is 306 g/mol. The number of benzene rings is 1. The zero-order valence-corrected chi connectivity index (χ0v) is 10.8. The molecule has 0 spiro atoms. The summed E-state index contributed by atoms with van der Waals surface area (Å²) in [6.45, 7) is 3.15. The maximum Gasteiger partial charge on any atom is 0.408 e. The van der Waals surface area contributed by atoms with E-state index in [0.717, 1.165) is 12.1 Å². The zero-order valence-electron chi connectivity index (χ0n) is 10.0. The van der Waals surface area contributed by atoms with Gasteiger partial charge in [0.05, 0.1) is 0 Å². The molecule has 0 saturated heterocycles. The first kappa shape index (κ1) is 15.9. The van der Waals surface area contributed by atoms with Gasteiger partial charge in [0.1, 0.15) is 17.4 Å². The van der Waals surface area contributed by atoms with E-state index in [1.165, 1.54) is 6.08 Å². The summed E-state index contributed by atoms with van der Waals surface area (Å²) < 4.78 is 31.3. The Morgan fingerprint density at radius 3 is 2.70 bits per heavy atom. The fraction of sp³-hybridized carbons (Fsp3) is 0.167. The fourth-order valence-corrected chi connectivity index (χ4v) is 1.50. The quantitative estimate of drug-likeness (QED) is 0.648. The SMILES string of the molecule is C=CCOC(=O)NC(C(=O)O)c1ccc(F)c(Cl)c1F. The molecular weight excluding hydrogens is 296 g/mol. The second-order valence-electron chi connectivity index (χ2n) is 3.57. The molecule has 0 heterocycles. The van der Waals surface area contributed by atoms with E-state index in [2.05, 4.69) is 11.3 Å². The summed E-state index contributed by atoms with van der Waals surface area (Å²) in [6, 6.07) is -0.0817. The summed E-state index contributed by atoms with van der Waals surface area (Å²) in [4.78, 5) is 22.3. The van der Waals surface area contributed by atoms with Crippen molar-refractivity contribution in [2.45, 2.75) is 6.04 Å². The van der Waals surface area contributed by atoms with E-state index in [1.54, 1.807) is 0 Å². The summed E-state index contributed by atoms with van der Waals surface area (Å²) >= 11 is 5.35. The van der Waals surface area contributed by atoms with Gasteiger partial charge in [-0.05, 0) is 6.07 Å². The van der Waals surface area contributed by atoms with Crippen LogP contribution in [-0.2, 0) is 9.53 Å². The molecule has 8 heteroatoms. The van der Waals surface area contributed by atoms with E-state index >= 15 is 0 Å². The van der Waals surface area contributed by atoms with Crippen molar-refractivity contribution in [3.8, 4) is 0 Å². The third-order valence-electron chi connectivity index (χ3n) is 2.22. The zero-order chi connectivity index (χ0) is 15.3. The van der Waals surface area contributed by atoms with E-state index < -0.39 is 40.3 Å². The molecule has 0 bridgehead atoms. The van der Waals surface area contributed by atoms with Crippen molar-refractivity contribution in [3.63, 3.8) is 0 Å². The lowest BCUT2D eigenvalue weighted by Gasteiger charge is -2.15. The number of carbonyl (C=O) groups is 2. The van der Waals surface area contributed by atoms with Crippen LogP contribution in [0, 0.1) is 11.6 Å². The smallest absolute Gasteiger partial charge is 0.408 e. The van der Waals surface area contributed by atoms with E-state index in [1.807, 2.05) is 5.32 Å². The van der Waals surface area contributed by atoms with Gasteiger partial charge in [-0.2, -0.15) is 0 Å². The van der Waals surface area contributed by atoms with E-state index in [9.17, 15) is 18.4 Å². The molecule has 0 radical (unpaired) electrons. The van der Waals surface area contributed by atoms with Gasteiger partial charge >= 0.3 is 12.1 Å². The van der Waals surface area contributed by atoms with Crippen molar-refractivity contribution in [2.75, 3.05) is 6.61 Å². The maximum absolute atomic E-state index is 13.7. The van der Waals surface area contributed by atoms with Gasteiger partial charge in [-0.1, -0.05) is 30.3 Å². The molecule has 1 aromatic carbocycles. The van der Waals surface area contributed by atoms with Gasteiger partial charge in [0.2, 0.25) is 0 Å². The molecule has 0 aliphatic carbocycles. The van der Waals surface area contributed by atoms with Crippen molar-refractivity contribution in [1.82, 2.24) is 5.32 Å². The molecule has 1 amide bonds. The monoisotopic (exact) mass is 305 g/mol. The number of hydrogen-bond donors (Lipinski definition) is 2. The van der Waals surface area contributed by atoms with Crippen LogP contribution in [0.5, 0.6) is 0 Å². The minimum atomic E-state index is -1.76. The van der Waals surface area contributed by atoms with Gasteiger partial charge in [0, 0.05) is 5.56 Å². The van der Waals surface area contributed by atoms with Crippen molar-refractivity contribution < 1.29 is 28.2 Å². The molecule has 0 fully saturated rings. The Morgan fingerprint density at radius 2 is 2.15 bits per heavy atom. The molecule has 108 valence electrons. The first-order valence-electron chi connectivity index (χ1n) is 5.28. The summed E-state index contributed by atoms with van der Waals surface area (Å²) in [5.41, 5.74) is -0.487. The Morgan fingerprint density at radius 1 is 1.50 bits per heavy atom. The molecule has 0 aromatic heterocycles. The van der Waals surface area contributed by atoms with Gasteiger partial charge in [0.25, 0.3) is 0 Å². The van der Waals surface area contributed by atoms with Crippen LogP contribution in [0.25, 0.3) is 0 Å². The van der Waals surface area contributed by atoms with Crippen LogP contribution in [0.2, 0.25) is 5.02 Å². The Labute approximate surface area is 117 Å². The van der Waals surface area contributed by atoms with Crippen LogP contribution in [0.1, 0.15) is 11.6 Å². The first-order chi connectivity index (χ1) is 9.38. The number of halogens is 3. The lowest BCUT2D eigenvalue weighted by Crippen LogP contribution is -2.34. The highest BCUT2D eigenvalue weighted by atomic mass is 35.5. The molecule has 1 aromatic rings. The second kappa shape index (κ2) is 6.85. The minimum absolute atomic E-state index is 0.148. The van der Waals surface area contributed by atoms with Gasteiger partial charge < -0.3 is 15.2 Å². The summed E-state index contributed by atoms with van der Waals surface area (Å²) in [5, 5.41) is 10.1. The number of nitrogens with one attached hydrogen (secondary N) is 1. The molecule has 1 atom stereocenters. The molecule has 20 heavy (non-hydrogen) atoms. The number of carboxylic acids is 1. The predicted molar refractivity (Wildman–Crippen MR) is 66.4 cm³/mol. The molecule has 2 N–H and O–H groups in total. The number of amides is 1. The van der Waals surface area contributed by atoms with Crippen LogP contribution in [-0.4, -0.2) is 23.8 Å². The Balaban J connectivity index is 3.03. The third-order valence-corrected chi connectivity index (χ3v) is 2.56. The van der Waals surface area contributed by atoms with Crippen molar-refractivity contribution in [1.29, 1.82) is 0 Å². The Bertz CT molecular complexity index is 551. The molecule has 0 aliphatic heterocycles. The largest absolute Gasteiger partial charge is 0.479 e. The minimum Gasteiger partial charge on any atom is -0.479 e. The van der Waals surface area contributed by atoms with E-state index in [4.69, 9.17) is 16.7 Å². The fourth-order valence-electron chi connectivity index (χ4n) is 1.33. The second-order valence-corrected chi connectivity index (χ2v) is 3.95. The van der Waals surface area contributed by atoms with Gasteiger partial charge in [0.15, 0.2) is 11.9 Å². The highest BCUT2D eigenvalue weighted by molar-refractivity contribution is 6.31. The molecule has 0 aliphatic rings. The van der Waals surface area contributed by atoms with E-state index in [0.29, 0.717) is 0 Å². The van der Waals surface area contributed by atoms with Crippen molar-refractivity contribution in [2.24, 2.45) is 0 Å². The van der Waals surface area contributed by atoms with Crippen LogP contribution in [0.4, 0.5) is 13.6 Å². The number of carboxylic acid groups (broad SMARTS) is 1. The van der Waals surface area contributed by atoms with Crippen LogP contribution >= 0.6 is 11.6 Å². The maximum atomic E-state index is 13.7. The lowest BCUT2D eigenvalue weighted by molar-refractivity contribution is -0.139. The number of hydrogen-bond acceptors (Lipinski definition) is 3. The van der Waals surface area contributed by atoms with Gasteiger partial charge in [-0.15, -0.1) is 0 Å². The van der Waals surface area contributed by atoms with Crippen molar-refractivity contribution in [3.05, 3.63) is 47.0 Å². The number of ether oxygens (including phenoxy) is 1. The van der Waals surface area contributed by atoms with Crippen LogP contribution in [0.15, 0.2) is 24.8 Å².